The lowest BCUT2D eigenvalue weighted by atomic mass is 9.80. The van der Waals surface area contributed by atoms with Crippen LogP contribution in [-0.4, -0.2) is 33.7 Å². The molecule has 160 valence electrons. The van der Waals surface area contributed by atoms with Gasteiger partial charge in [-0.05, 0) is 67.5 Å². The molecule has 8 heteroatoms. The van der Waals surface area contributed by atoms with Crippen molar-refractivity contribution in [3.63, 3.8) is 0 Å². The van der Waals surface area contributed by atoms with Crippen LogP contribution in [0.5, 0.6) is 0 Å². The standard InChI is InChI=1S/C23H20Cl3N3O2/c24-14-4-6-20-17(11-14)23(30)22-19(27-28-7-1-2-8-28)9-13(10-21(22)29(20)31)16-5-3-15(25)12-18(16)26/h3-6,11-13,31H,1-2,7-10H2/b27-19-. The molecule has 1 aromatic heterocycles. The van der Waals surface area contributed by atoms with Crippen LogP contribution in [0.2, 0.25) is 15.1 Å². The van der Waals surface area contributed by atoms with Crippen molar-refractivity contribution in [1.29, 1.82) is 0 Å². The second kappa shape index (κ2) is 8.05. The molecule has 0 spiro atoms. The largest absolute Gasteiger partial charge is 0.428 e. The zero-order valence-corrected chi connectivity index (χ0v) is 18.9. The Balaban J connectivity index is 1.73. The molecule has 1 aliphatic heterocycles. The first-order valence-electron chi connectivity index (χ1n) is 10.3. The minimum absolute atomic E-state index is 0.0406. The van der Waals surface area contributed by atoms with Gasteiger partial charge in [-0.2, -0.15) is 9.83 Å². The smallest absolute Gasteiger partial charge is 0.199 e. The van der Waals surface area contributed by atoms with Crippen LogP contribution in [-0.2, 0) is 6.42 Å². The van der Waals surface area contributed by atoms with Crippen LogP contribution in [0.25, 0.3) is 10.9 Å². The summed E-state index contributed by atoms with van der Waals surface area (Å²) < 4.78 is 1.11. The number of hydrogen-bond donors (Lipinski definition) is 1. The second-order valence-corrected chi connectivity index (χ2v) is 9.38. The van der Waals surface area contributed by atoms with E-state index in [2.05, 4.69) is 0 Å². The van der Waals surface area contributed by atoms with Crippen molar-refractivity contribution in [3.05, 3.63) is 78.5 Å². The molecule has 0 radical (unpaired) electrons. The monoisotopic (exact) mass is 475 g/mol. The summed E-state index contributed by atoms with van der Waals surface area (Å²) in [6.45, 7) is 1.72. The minimum Gasteiger partial charge on any atom is -0.428 e. The maximum Gasteiger partial charge on any atom is 0.199 e. The summed E-state index contributed by atoms with van der Waals surface area (Å²) in [5.74, 6) is -0.0406. The normalized spacial score (nSPS) is 19.9. The Hall–Kier alpha value is -2.21. The van der Waals surface area contributed by atoms with E-state index in [0.717, 1.165) is 36.2 Å². The molecule has 31 heavy (non-hydrogen) atoms. The van der Waals surface area contributed by atoms with E-state index in [1.54, 1.807) is 24.3 Å². The van der Waals surface area contributed by atoms with Gasteiger partial charge in [-0.25, -0.2) is 0 Å². The fourth-order valence-electron chi connectivity index (χ4n) is 4.63. The molecule has 0 bridgehead atoms. The molecular formula is C23H20Cl3N3O2. The van der Waals surface area contributed by atoms with Crippen molar-refractivity contribution in [1.82, 2.24) is 9.74 Å². The summed E-state index contributed by atoms with van der Waals surface area (Å²) in [7, 11) is 0. The van der Waals surface area contributed by atoms with Crippen LogP contribution in [0, 0.1) is 0 Å². The van der Waals surface area contributed by atoms with Crippen molar-refractivity contribution in [3.8, 4) is 0 Å². The molecule has 2 aliphatic rings. The SMILES string of the molecule is O=c1c2c(n(O)c3ccc(Cl)cc13)CC(c1ccc(Cl)cc1Cl)C/C2=N/N1CCCC1. The first-order chi connectivity index (χ1) is 14.9. The maximum atomic E-state index is 13.5. The quantitative estimate of drug-likeness (QED) is 0.481. The molecule has 1 saturated heterocycles. The Morgan fingerprint density at radius 1 is 0.968 bits per heavy atom. The van der Waals surface area contributed by atoms with E-state index in [9.17, 15) is 10.0 Å². The van der Waals surface area contributed by atoms with Crippen molar-refractivity contribution >= 4 is 51.4 Å². The number of fused-ring (bicyclic) bond motifs is 2. The minimum atomic E-state index is -0.156. The predicted molar refractivity (Wildman–Crippen MR) is 125 cm³/mol. The van der Waals surface area contributed by atoms with Gasteiger partial charge in [-0.3, -0.25) is 9.80 Å². The van der Waals surface area contributed by atoms with Gasteiger partial charge in [0.2, 0.25) is 0 Å². The Kier molecular flexibility index (Phi) is 5.37. The summed E-state index contributed by atoms with van der Waals surface area (Å²) in [5.41, 5.74) is 2.88. The van der Waals surface area contributed by atoms with Crippen LogP contribution in [0.15, 0.2) is 46.3 Å². The van der Waals surface area contributed by atoms with Gasteiger partial charge in [0, 0.05) is 28.2 Å². The Morgan fingerprint density at radius 3 is 2.42 bits per heavy atom. The Bertz CT molecular complexity index is 1280. The first kappa shape index (κ1) is 20.7. The zero-order chi connectivity index (χ0) is 21.7. The maximum absolute atomic E-state index is 13.5. The van der Waals surface area contributed by atoms with E-state index < -0.39 is 0 Å². The molecule has 1 aliphatic carbocycles. The van der Waals surface area contributed by atoms with E-state index >= 15 is 0 Å². The van der Waals surface area contributed by atoms with E-state index in [1.807, 2.05) is 17.1 Å². The number of nitrogens with zero attached hydrogens (tertiary/aromatic N) is 3. The van der Waals surface area contributed by atoms with Crippen LogP contribution in [0.1, 0.15) is 42.0 Å². The lowest BCUT2D eigenvalue weighted by Crippen LogP contribution is -2.32. The van der Waals surface area contributed by atoms with Gasteiger partial charge in [0.15, 0.2) is 5.43 Å². The van der Waals surface area contributed by atoms with Crippen LogP contribution < -0.4 is 5.43 Å². The molecule has 1 N–H and O–H groups in total. The lowest BCUT2D eigenvalue weighted by Gasteiger charge is -2.29. The number of benzene rings is 2. The summed E-state index contributed by atoms with van der Waals surface area (Å²) in [6.07, 6.45) is 3.16. The van der Waals surface area contributed by atoms with Gasteiger partial charge < -0.3 is 5.21 Å². The van der Waals surface area contributed by atoms with Crippen LogP contribution >= 0.6 is 34.8 Å². The number of pyridine rings is 1. The number of hydrazone groups is 1. The van der Waals surface area contributed by atoms with Gasteiger partial charge in [0.1, 0.15) is 0 Å². The zero-order valence-electron chi connectivity index (χ0n) is 16.6. The van der Waals surface area contributed by atoms with Gasteiger partial charge >= 0.3 is 0 Å². The van der Waals surface area contributed by atoms with Crippen molar-refractivity contribution in [2.45, 2.75) is 31.6 Å². The molecule has 5 rings (SSSR count). The van der Waals surface area contributed by atoms with Crippen molar-refractivity contribution < 1.29 is 5.21 Å². The number of hydrogen-bond acceptors (Lipinski definition) is 4. The number of rotatable bonds is 2. The van der Waals surface area contributed by atoms with Crippen molar-refractivity contribution in [2.24, 2.45) is 5.10 Å². The Labute approximate surface area is 194 Å². The van der Waals surface area contributed by atoms with Gasteiger partial charge in [0.25, 0.3) is 0 Å². The number of halogens is 3. The third-order valence-electron chi connectivity index (χ3n) is 6.12. The molecule has 2 aromatic carbocycles. The third-order valence-corrected chi connectivity index (χ3v) is 6.92. The molecular weight excluding hydrogens is 457 g/mol. The Morgan fingerprint density at radius 2 is 1.68 bits per heavy atom. The fourth-order valence-corrected chi connectivity index (χ4v) is 5.37. The average Bonchev–Trinajstić information content (AvgIpc) is 3.24. The molecule has 0 amide bonds. The highest BCUT2D eigenvalue weighted by molar-refractivity contribution is 6.35. The fraction of sp³-hybridized carbons (Fsp3) is 0.304. The molecule has 1 atom stereocenters. The third kappa shape index (κ3) is 3.69. The van der Waals surface area contributed by atoms with Gasteiger partial charge in [0.05, 0.1) is 27.9 Å². The summed E-state index contributed by atoms with van der Waals surface area (Å²) in [5, 5.41) is 19.9. The number of aromatic nitrogens is 1. The summed E-state index contributed by atoms with van der Waals surface area (Å²) >= 11 is 18.7. The molecule has 1 unspecified atom stereocenters. The van der Waals surface area contributed by atoms with Crippen LogP contribution in [0.3, 0.4) is 0 Å². The average molecular weight is 477 g/mol. The van der Waals surface area contributed by atoms with Crippen molar-refractivity contribution in [2.75, 3.05) is 13.1 Å². The molecule has 2 heterocycles. The van der Waals surface area contributed by atoms with E-state index in [0.29, 0.717) is 55.8 Å². The van der Waals surface area contributed by atoms with Crippen LogP contribution in [0.4, 0.5) is 0 Å². The summed E-state index contributed by atoms with van der Waals surface area (Å²) in [6, 6.07) is 10.4. The predicted octanol–water partition coefficient (Wildman–Crippen LogP) is 5.73. The van der Waals surface area contributed by atoms with Gasteiger partial charge in [-0.15, -0.1) is 0 Å². The lowest BCUT2D eigenvalue weighted by molar-refractivity contribution is 0.186. The highest BCUT2D eigenvalue weighted by Gasteiger charge is 2.32. The van der Waals surface area contributed by atoms with Gasteiger partial charge in [-0.1, -0.05) is 40.9 Å². The second-order valence-electron chi connectivity index (χ2n) is 8.10. The van der Waals surface area contributed by atoms with E-state index in [1.165, 1.54) is 0 Å². The highest BCUT2D eigenvalue weighted by atomic mass is 35.5. The first-order valence-corrected chi connectivity index (χ1v) is 11.4. The summed E-state index contributed by atoms with van der Waals surface area (Å²) in [4.78, 5) is 13.5. The molecule has 3 aromatic rings. The van der Waals surface area contributed by atoms with E-state index in [4.69, 9.17) is 39.9 Å². The topological polar surface area (TPSA) is 57.8 Å². The molecule has 0 saturated carbocycles. The molecule has 1 fully saturated rings. The van der Waals surface area contributed by atoms with E-state index in [-0.39, 0.29) is 11.3 Å². The highest BCUT2D eigenvalue weighted by Crippen LogP contribution is 2.37. The molecule has 5 nitrogen and oxygen atoms in total.